The van der Waals surface area contributed by atoms with Crippen LogP contribution in [0.1, 0.15) is 81.9 Å². The number of benzene rings is 3. The zero-order valence-corrected chi connectivity index (χ0v) is 36.2. The lowest BCUT2D eigenvalue weighted by atomic mass is 9.44. The number of hydrogen-bond donors (Lipinski definition) is 3. The van der Waals surface area contributed by atoms with Gasteiger partial charge in [-0.2, -0.15) is 0 Å². The van der Waals surface area contributed by atoms with E-state index in [2.05, 4.69) is 0 Å². The molecule has 336 valence electrons. The Kier molecular flexibility index (Phi) is 12.8. The van der Waals surface area contributed by atoms with Crippen LogP contribution in [0.15, 0.2) is 102 Å². The molecule has 4 N–H and O–H groups in total. The number of nitrogens with two attached hydrogens (primary N) is 1. The average Bonchev–Trinajstić information content (AvgIpc) is 3.25. The fourth-order valence-electron chi connectivity index (χ4n) is 10.2. The Morgan fingerprint density at radius 2 is 1.49 bits per heavy atom. The second-order valence-corrected chi connectivity index (χ2v) is 17.7. The quantitative estimate of drug-likeness (QED) is 0.0711. The summed E-state index contributed by atoms with van der Waals surface area (Å²) in [5, 5.41) is 25.9. The van der Waals surface area contributed by atoms with E-state index in [0.29, 0.717) is 5.56 Å². The zero-order chi connectivity index (χ0) is 45.5. The van der Waals surface area contributed by atoms with Crippen molar-refractivity contribution < 1.29 is 67.3 Å². The van der Waals surface area contributed by atoms with Crippen molar-refractivity contribution in [2.45, 2.75) is 115 Å². The summed E-state index contributed by atoms with van der Waals surface area (Å²) in [4.78, 5) is 70.5. The Morgan fingerprint density at radius 1 is 0.873 bits per heavy atom. The van der Waals surface area contributed by atoms with Crippen molar-refractivity contribution in [3.05, 3.63) is 119 Å². The van der Waals surface area contributed by atoms with Crippen molar-refractivity contribution in [1.29, 1.82) is 0 Å². The highest BCUT2D eigenvalue weighted by molar-refractivity contribution is 5.95. The smallest absolute Gasteiger partial charge is 0.338 e. The number of aliphatic hydroxyl groups is 2. The molecule has 3 aromatic carbocycles. The molecule has 63 heavy (non-hydrogen) atoms. The molecular weight excluding hydrogens is 815 g/mol. The number of hydrogen-bond acceptors (Lipinski definition) is 15. The van der Waals surface area contributed by atoms with Gasteiger partial charge in [-0.1, -0.05) is 92.7 Å². The highest BCUT2D eigenvalue weighted by Gasteiger charge is 2.78. The molecule has 4 aliphatic rings. The summed E-state index contributed by atoms with van der Waals surface area (Å²) in [6.45, 7) is 8.05. The second kappa shape index (κ2) is 17.7. The van der Waals surface area contributed by atoms with E-state index in [-0.39, 0.29) is 43.1 Å². The Morgan fingerprint density at radius 3 is 2.08 bits per heavy atom. The Labute approximate surface area is 365 Å². The maximum Gasteiger partial charge on any atom is 0.338 e. The van der Waals surface area contributed by atoms with Crippen LogP contribution in [0, 0.1) is 16.7 Å². The number of carbonyl (C=O) groups is 5. The van der Waals surface area contributed by atoms with Gasteiger partial charge in [0, 0.05) is 32.1 Å². The molecule has 7 rings (SSSR count). The first kappa shape index (κ1) is 45.7. The molecule has 0 radical (unpaired) electrons. The van der Waals surface area contributed by atoms with Crippen molar-refractivity contribution in [1.82, 2.24) is 0 Å². The minimum atomic E-state index is -2.33. The molecule has 3 fully saturated rings. The van der Waals surface area contributed by atoms with Gasteiger partial charge < -0.3 is 49.1 Å². The molecule has 3 aromatic rings. The van der Waals surface area contributed by atoms with E-state index in [0.717, 1.165) is 12.5 Å². The number of fused-ring (bicyclic) bond motifs is 5. The van der Waals surface area contributed by atoms with E-state index in [4.69, 9.17) is 38.9 Å². The van der Waals surface area contributed by atoms with Crippen molar-refractivity contribution in [3.8, 4) is 0 Å². The summed E-state index contributed by atoms with van der Waals surface area (Å²) in [6, 6.07) is 25.0. The Bertz CT molecular complexity index is 2230. The summed E-state index contributed by atoms with van der Waals surface area (Å²) in [5.41, 5.74) is 0.838. The second-order valence-electron chi connectivity index (χ2n) is 17.7. The van der Waals surface area contributed by atoms with E-state index in [1.165, 1.54) is 26.0 Å². The molecule has 0 spiro atoms. The summed E-state index contributed by atoms with van der Waals surface area (Å²) in [5.74, 6) is -5.79. The average molecular weight is 870 g/mol. The minimum Gasteiger partial charge on any atom is -0.456 e. The van der Waals surface area contributed by atoms with Crippen molar-refractivity contribution in [3.63, 3.8) is 0 Å². The normalized spacial score (nSPS) is 31.7. The standard InChI is InChI=1S/C48H55NO14/c1-27-33(61-44(55)39(37(49)31-18-12-8-13-19-31)59-26-57-24-30-16-10-7-11-17-30)23-48(56)42(62-43(54)32-20-14-9-15-21-32)40-46(6,34(52)22-35-47(40,25-58-35)63-29(3)51)41(53)38(60-28(2)50)36(27)45(48,4)5/h7-21,33-35,37-40,42,52,56H,22-26,49H2,1-6H3/t33-,34-,35+,37-,38+,39+,40-,42-,46+,47-,48+/m0/s1. The van der Waals surface area contributed by atoms with E-state index in [9.17, 15) is 29.4 Å². The molecule has 2 bridgehead atoms. The van der Waals surface area contributed by atoms with Crippen LogP contribution in [-0.4, -0.2) is 101 Å². The fraction of sp³-hybridized carbons (Fsp3) is 0.479. The van der Waals surface area contributed by atoms with Gasteiger partial charge in [-0.05, 0) is 48.3 Å². The number of aliphatic hydroxyl groups excluding tert-OH is 1. The van der Waals surface area contributed by atoms with Crippen LogP contribution >= 0.6 is 0 Å². The number of rotatable bonds is 13. The van der Waals surface area contributed by atoms with Crippen LogP contribution in [0.25, 0.3) is 0 Å². The molecule has 0 amide bonds. The summed E-state index contributed by atoms with van der Waals surface area (Å²) in [7, 11) is 0. The van der Waals surface area contributed by atoms with Crippen molar-refractivity contribution in [2.24, 2.45) is 22.5 Å². The van der Waals surface area contributed by atoms with E-state index < -0.39 is 107 Å². The van der Waals surface area contributed by atoms with Crippen LogP contribution in [0.4, 0.5) is 0 Å². The van der Waals surface area contributed by atoms with E-state index >= 15 is 4.79 Å². The summed E-state index contributed by atoms with van der Waals surface area (Å²) >= 11 is 0. The fourth-order valence-corrected chi connectivity index (χ4v) is 10.2. The van der Waals surface area contributed by atoms with Gasteiger partial charge in [0.05, 0.1) is 42.3 Å². The zero-order valence-electron chi connectivity index (χ0n) is 36.2. The highest BCUT2D eigenvalue weighted by atomic mass is 16.7. The molecule has 0 unspecified atom stereocenters. The van der Waals surface area contributed by atoms with Gasteiger partial charge in [-0.25, -0.2) is 9.59 Å². The predicted octanol–water partition coefficient (Wildman–Crippen LogP) is 4.46. The first-order valence-electron chi connectivity index (χ1n) is 21.0. The molecule has 0 aromatic heterocycles. The molecule has 3 aliphatic carbocycles. The summed E-state index contributed by atoms with van der Waals surface area (Å²) in [6.07, 6.45) is -9.57. The van der Waals surface area contributed by atoms with Gasteiger partial charge in [-0.3, -0.25) is 14.4 Å². The van der Waals surface area contributed by atoms with Crippen LogP contribution < -0.4 is 5.73 Å². The van der Waals surface area contributed by atoms with Gasteiger partial charge in [0.1, 0.15) is 30.7 Å². The van der Waals surface area contributed by atoms with Crippen LogP contribution in [0.2, 0.25) is 0 Å². The minimum absolute atomic E-state index is 0.0615. The number of carbonyl (C=O) groups excluding carboxylic acids is 5. The SMILES string of the molecule is CC(=O)O[C@H]1C(=O)[C@@]2(C)[C@H]([C@H](OC(=O)c3ccccc3)[C@]3(O)C[C@H](OC(=O)[C@H](OCOCc4ccccc4)[C@@H](N)c4ccccc4)C(C)=C1C3(C)C)[C@]1(OC(C)=O)CO[C@@H]1C[C@@H]2O. The Balaban J connectivity index is 1.36. The van der Waals surface area contributed by atoms with Gasteiger partial charge in [0.15, 0.2) is 23.6 Å². The first-order chi connectivity index (χ1) is 29.9. The number of esters is 4. The van der Waals surface area contributed by atoms with Gasteiger partial charge in [0.25, 0.3) is 0 Å². The van der Waals surface area contributed by atoms with Crippen molar-refractivity contribution >= 4 is 29.7 Å². The number of ether oxygens (including phenoxy) is 7. The topological polar surface area (TPSA) is 216 Å². The summed E-state index contributed by atoms with van der Waals surface area (Å²) < 4.78 is 42.5. The molecule has 1 saturated heterocycles. The maximum absolute atomic E-state index is 15.5. The molecule has 1 aliphatic heterocycles. The highest BCUT2D eigenvalue weighted by Crippen LogP contribution is 2.64. The third-order valence-electron chi connectivity index (χ3n) is 13.6. The predicted molar refractivity (Wildman–Crippen MR) is 223 cm³/mol. The lowest BCUT2D eigenvalue weighted by Gasteiger charge is -2.67. The molecule has 15 heteroatoms. The van der Waals surface area contributed by atoms with Gasteiger partial charge in [-0.15, -0.1) is 0 Å². The molecule has 1 heterocycles. The van der Waals surface area contributed by atoms with Crippen LogP contribution in [-0.2, 0) is 58.9 Å². The maximum atomic E-state index is 15.5. The van der Waals surface area contributed by atoms with Gasteiger partial charge >= 0.3 is 23.9 Å². The monoisotopic (exact) mass is 869 g/mol. The number of ketones is 1. The third kappa shape index (κ3) is 8.11. The van der Waals surface area contributed by atoms with Crippen molar-refractivity contribution in [2.75, 3.05) is 13.4 Å². The largest absolute Gasteiger partial charge is 0.456 e. The van der Waals surface area contributed by atoms with E-state index in [1.807, 2.05) is 30.3 Å². The molecule has 11 atom stereocenters. The Hall–Kier alpha value is -5.29. The van der Waals surface area contributed by atoms with Crippen LogP contribution in [0.3, 0.4) is 0 Å². The molecule has 2 saturated carbocycles. The molecule has 15 nitrogen and oxygen atoms in total. The third-order valence-corrected chi connectivity index (χ3v) is 13.6. The number of Topliss-reactive ketones (excluding diaryl/α,β-unsaturated/α-hetero) is 1. The first-order valence-corrected chi connectivity index (χ1v) is 21.0. The molecular formula is C48H55NO14. The van der Waals surface area contributed by atoms with Gasteiger partial charge in [0.2, 0.25) is 0 Å². The van der Waals surface area contributed by atoms with E-state index in [1.54, 1.807) is 69.3 Å². The lowest BCUT2D eigenvalue weighted by Crippen LogP contribution is -2.82. The van der Waals surface area contributed by atoms with Crippen LogP contribution in [0.5, 0.6) is 0 Å². The lowest BCUT2D eigenvalue weighted by molar-refractivity contribution is -0.346.